The van der Waals surface area contributed by atoms with Crippen LogP contribution in [0.4, 0.5) is 5.69 Å². The maximum absolute atomic E-state index is 13.6. The van der Waals surface area contributed by atoms with Crippen molar-refractivity contribution in [2.45, 2.75) is 11.4 Å². The zero-order valence-corrected chi connectivity index (χ0v) is 21.6. The normalized spacial score (nSPS) is 11.2. The number of halogens is 1. The van der Waals surface area contributed by atoms with E-state index in [4.69, 9.17) is 21.1 Å². The maximum atomic E-state index is 13.6. The van der Waals surface area contributed by atoms with Gasteiger partial charge in [-0.15, -0.1) is 0 Å². The van der Waals surface area contributed by atoms with E-state index in [1.165, 1.54) is 25.3 Å². The molecule has 0 bridgehead atoms. The fourth-order valence-electron chi connectivity index (χ4n) is 3.59. The fourth-order valence-corrected chi connectivity index (χ4v) is 5.33. The van der Waals surface area contributed by atoms with E-state index in [9.17, 15) is 13.2 Å². The number of sulfonamides is 1. The molecule has 0 atom stereocenters. The van der Waals surface area contributed by atoms with Gasteiger partial charge in [-0.25, -0.2) is 8.42 Å². The van der Waals surface area contributed by atoms with Gasteiger partial charge in [-0.2, -0.15) is 4.31 Å². The zero-order chi connectivity index (χ0) is 26.3. The summed E-state index contributed by atoms with van der Waals surface area (Å²) < 4.78 is 39.4. The standard InChI is InChI=1S/C28H25ClN2O5S/c1-35-26-17-16-23(18-24(26)29)37(33,34)31(19-21-10-4-2-5-11-21)20-28(32)30-25-14-8-9-15-27(25)36-22-12-6-3-7-13-22/h2-18H,19-20H2,1H3,(H,30,32). The number of anilines is 1. The molecule has 0 unspecified atom stereocenters. The quantitative estimate of drug-likeness (QED) is 0.270. The Hall–Kier alpha value is -3.85. The summed E-state index contributed by atoms with van der Waals surface area (Å²) in [7, 11) is -2.65. The lowest BCUT2D eigenvalue weighted by Gasteiger charge is -2.22. The molecule has 0 heterocycles. The Labute approximate surface area is 221 Å². The number of hydrogen-bond acceptors (Lipinski definition) is 5. The molecule has 0 aliphatic carbocycles. The highest BCUT2D eigenvalue weighted by Crippen LogP contribution is 2.31. The van der Waals surface area contributed by atoms with Crippen molar-refractivity contribution in [1.29, 1.82) is 0 Å². The van der Waals surface area contributed by atoms with Crippen LogP contribution in [0.2, 0.25) is 5.02 Å². The minimum absolute atomic E-state index is 0.0115. The van der Waals surface area contributed by atoms with Gasteiger partial charge in [0.05, 0.1) is 29.3 Å². The van der Waals surface area contributed by atoms with Crippen LogP contribution in [0.1, 0.15) is 5.56 Å². The minimum Gasteiger partial charge on any atom is -0.495 e. The van der Waals surface area contributed by atoms with Crippen molar-refractivity contribution in [3.63, 3.8) is 0 Å². The maximum Gasteiger partial charge on any atom is 0.243 e. The van der Waals surface area contributed by atoms with Gasteiger partial charge in [-0.1, -0.05) is 72.3 Å². The SMILES string of the molecule is COc1ccc(S(=O)(=O)N(CC(=O)Nc2ccccc2Oc2ccccc2)Cc2ccccc2)cc1Cl. The summed E-state index contributed by atoms with van der Waals surface area (Å²) in [4.78, 5) is 13.1. The van der Waals surface area contributed by atoms with Gasteiger partial charge in [-0.3, -0.25) is 4.79 Å². The van der Waals surface area contributed by atoms with Gasteiger partial charge in [0.15, 0.2) is 5.75 Å². The van der Waals surface area contributed by atoms with Gasteiger partial charge in [0.1, 0.15) is 11.5 Å². The van der Waals surface area contributed by atoms with E-state index in [-0.39, 0.29) is 16.5 Å². The van der Waals surface area contributed by atoms with Crippen LogP contribution in [-0.2, 0) is 21.4 Å². The van der Waals surface area contributed by atoms with E-state index >= 15 is 0 Å². The molecule has 4 rings (SSSR count). The number of amides is 1. The van der Waals surface area contributed by atoms with Crippen LogP contribution in [0.25, 0.3) is 0 Å². The van der Waals surface area contributed by atoms with Crippen LogP contribution in [0.3, 0.4) is 0 Å². The highest BCUT2D eigenvalue weighted by molar-refractivity contribution is 7.89. The summed E-state index contributed by atoms with van der Waals surface area (Å²) in [5.41, 5.74) is 1.15. The molecular formula is C28H25ClN2O5S. The number of methoxy groups -OCH3 is 1. The summed E-state index contributed by atoms with van der Waals surface area (Å²) in [5, 5.41) is 2.94. The van der Waals surface area contributed by atoms with Crippen LogP contribution in [0, 0.1) is 0 Å². The number of nitrogens with zero attached hydrogens (tertiary/aromatic N) is 1. The Balaban J connectivity index is 1.59. The molecule has 0 spiro atoms. The van der Waals surface area contributed by atoms with Gasteiger partial charge in [0.25, 0.3) is 0 Å². The highest BCUT2D eigenvalue weighted by atomic mass is 35.5. The second-order valence-corrected chi connectivity index (χ2v) is 10.4. The first-order chi connectivity index (χ1) is 17.9. The number of ether oxygens (including phenoxy) is 2. The van der Waals surface area contributed by atoms with E-state index in [1.807, 2.05) is 36.4 Å². The molecule has 0 aliphatic rings. The molecule has 1 N–H and O–H groups in total. The van der Waals surface area contributed by atoms with Crippen molar-refractivity contribution in [1.82, 2.24) is 4.31 Å². The smallest absolute Gasteiger partial charge is 0.243 e. The summed E-state index contributed by atoms with van der Waals surface area (Å²) >= 11 is 6.20. The molecule has 190 valence electrons. The first-order valence-corrected chi connectivity index (χ1v) is 13.2. The minimum atomic E-state index is -4.09. The summed E-state index contributed by atoms with van der Waals surface area (Å²) in [6.45, 7) is -0.442. The molecule has 0 aromatic heterocycles. The average Bonchev–Trinajstić information content (AvgIpc) is 2.90. The number of rotatable bonds is 10. The Bertz CT molecular complexity index is 1460. The topological polar surface area (TPSA) is 84.9 Å². The van der Waals surface area contributed by atoms with Gasteiger partial charge >= 0.3 is 0 Å². The summed E-state index contributed by atoms with van der Waals surface area (Å²) in [5.74, 6) is 0.863. The van der Waals surface area contributed by atoms with Crippen LogP contribution < -0.4 is 14.8 Å². The lowest BCUT2D eigenvalue weighted by molar-refractivity contribution is -0.116. The predicted molar refractivity (Wildman–Crippen MR) is 144 cm³/mol. The number of carbonyl (C=O) groups excluding carboxylic acids is 1. The van der Waals surface area contributed by atoms with Crippen LogP contribution in [0.15, 0.2) is 108 Å². The number of carbonyl (C=O) groups is 1. The molecule has 7 nitrogen and oxygen atoms in total. The van der Waals surface area contributed by atoms with Gasteiger partial charge in [0, 0.05) is 6.54 Å². The van der Waals surface area contributed by atoms with E-state index < -0.39 is 22.5 Å². The summed E-state index contributed by atoms with van der Waals surface area (Å²) in [6, 6.07) is 29.3. The molecule has 4 aromatic carbocycles. The van der Waals surface area contributed by atoms with E-state index in [1.54, 1.807) is 48.5 Å². The van der Waals surface area contributed by atoms with Crippen LogP contribution >= 0.6 is 11.6 Å². The largest absolute Gasteiger partial charge is 0.495 e. The second kappa shape index (κ2) is 11.9. The van der Waals surface area contributed by atoms with E-state index in [2.05, 4.69) is 5.32 Å². The fraction of sp³-hybridized carbons (Fsp3) is 0.107. The number of nitrogens with one attached hydrogen (secondary N) is 1. The molecule has 0 fully saturated rings. The van der Waals surface area contributed by atoms with Gasteiger partial charge < -0.3 is 14.8 Å². The Morgan fingerprint density at radius 1 is 0.865 bits per heavy atom. The highest BCUT2D eigenvalue weighted by Gasteiger charge is 2.28. The van der Waals surface area contributed by atoms with Crippen molar-refractivity contribution in [2.24, 2.45) is 0 Å². The summed E-state index contributed by atoms with van der Waals surface area (Å²) in [6.07, 6.45) is 0. The molecule has 0 saturated carbocycles. The molecule has 1 amide bonds. The molecule has 0 saturated heterocycles. The van der Waals surface area contributed by atoms with Crippen LogP contribution in [0.5, 0.6) is 17.2 Å². The van der Waals surface area contributed by atoms with Crippen molar-refractivity contribution in [3.05, 3.63) is 114 Å². The predicted octanol–water partition coefficient (Wildman–Crippen LogP) is 5.97. The molecular weight excluding hydrogens is 512 g/mol. The monoisotopic (exact) mass is 536 g/mol. The van der Waals surface area contributed by atoms with Crippen LogP contribution in [-0.4, -0.2) is 32.3 Å². The Morgan fingerprint density at radius 3 is 2.19 bits per heavy atom. The van der Waals surface area contributed by atoms with Gasteiger partial charge in [-0.05, 0) is 48.0 Å². The lowest BCUT2D eigenvalue weighted by Crippen LogP contribution is -2.37. The molecule has 0 aliphatic heterocycles. The molecule has 9 heteroatoms. The van der Waals surface area contributed by atoms with E-state index in [0.717, 1.165) is 9.87 Å². The first-order valence-electron chi connectivity index (χ1n) is 11.4. The molecule has 0 radical (unpaired) electrons. The third-order valence-corrected chi connectivity index (χ3v) is 7.50. The molecule has 4 aromatic rings. The lowest BCUT2D eigenvalue weighted by atomic mass is 10.2. The first kappa shape index (κ1) is 26.2. The zero-order valence-electron chi connectivity index (χ0n) is 20.0. The number of hydrogen-bond donors (Lipinski definition) is 1. The van der Waals surface area contributed by atoms with Crippen molar-refractivity contribution in [2.75, 3.05) is 19.0 Å². The van der Waals surface area contributed by atoms with Crippen molar-refractivity contribution in [3.8, 4) is 17.2 Å². The Kier molecular flexibility index (Phi) is 8.45. The number of benzene rings is 4. The third kappa shape index (κ3) is 6.68. The van der Waals surface area contributed by atoms with Crippen molar-refractivity contribution >= 4 is 33.2 Å². The second-order valence-electron chi connectivity index (χ2n) is 8.01. The average molecular weight is 537 g/mol. The van der Waals surface area contributed by atoms with E-state index in [0.29, 0.717) is 22.9 Å². The van der Waals surface area contributed by atoms with Gasteiger partial charge in [0.2, 0.25) is 15.9 Å². The van der Waals surface area contributed by atoms with Crippen molar-refractivity contribution < 1.29 is 22.7 Å². The number of para-hydroxylation sites is 3. The molecule has 37 heavy (non-hydrogen) atoms. The third-order valence-electron chi connectivity index (χ3n) is 5.41. The Morgan fingerprint density at radius 2 is 1.51 bits per heavy atom.